The monoisotopic (exact) mass is 337 g/mol. The van der Waals surface area contributed by atoms with E-state index in [4.69, 9.17) is 0 Å². The lowest BCUT2D eigenvalue weighted by atomic mass is 9.69. The molecule has 112 valence electrons. The zero-order valence-corrected chi connectivity index (χ0v) is 14.5. The van der Waals surface area contributed by atoms with Crippen LogP contribution in [0.4, 0.5) is 0 Å². The van der Waals surface area contributed by atoms with Crippen LogP contribution in [0, 0.1) is 5.41 Å². The van der Waals surface area contributed by atoms with Crippen LogP contribution in [0.25, 0.3) is 0 Å². The standard InChI is InChI=1S/C18H28BrN/c1-3-12-20-17(18(2)10-5-4-6-11-18)14-15-8-7-9-16(19)13-15/h7-9,13,17,20H,3-6,10-12,14H2,1-2H3. The van der Waals surface area contributed by atoms with E-state index < -0.39 is 0 Å². The highest BCUT2D eigenvalue weighted by atomic mass is 79.9. The molecule has 1 atom stereocenters. The van der Waals surface area contributed by atoms with E-state index in [1.54, 1.807) is 0 Å². The zero-order chi connectivity index (χ0) is 14.4. The summed E-state index contributed by atoms with van der Waals surface area (Å²) in [4.78, 5) is 0. The van der Waals surface area contributed by atoms with Gasteiger partial charge in [-0.25, -0.2) is 0 Å². The van der Waals surface area contributed by atoms with Gasteiger partial charge in [0.1, 0.15) is 0 Å². The van der Waals surface area contributed by atoms with E-state index in [0.717, 1.165) is 13.0 Å². The second-order valence-electron chi connectivity index (χ2n) is 6.56. The third-order valence-corrected chi connectivity index (χ3v) is 5.30. The van der Waals surface area contributed by atoms with Crippen molar-refractivity contribution in [3.05, 3.63) is 34.3 Å². The van der Waals surface area contributed by atoms with Crippen LogP contribution in [0.2, 0.25) is 0 Å². The number of hydrogen-bond acceptors (Lipinski definition) is 1. The molecule has 2 heteroatoms. The number of rotatable bonds is 6. The average molecular weight is 338 g/mol. The minimum Gasteiger partial charge on any atom is -0.313 e. The van der Waals surface area contributed by atoms with Crippen LogP contribution in [0.15, 0.2) is 28.7 Å². The van der Waals surface area contributed by atoms with Crippen LogP contribution >= 0.6 is 15.9 Å². The van der Waals surface area contributed by atoms with Crippen molar-refractivity contribution in [3.63, 3.8) is 0 Å². The fourth-order valence-corrected chi connectivity index (χ4v) is 3.94. The topological polar surface area (TPSA) is 12.0 Å². The Bertz CT molecular complexity index is 410. The summed E-state index contributed by atoms with van der Waals surface area (Å²) in [5, 5.41) is 3.83. The molecule has 1 aliphatic rings. The first-order chi connectivity index (χ1) is 9.64. The Balaban J connectivity index is 2.10. The summed E-state index contributed by atoms with van der Waals surface area (Å²) in [6.07, 6.45) is 9.34. The van der Waals surface area contributed by atoms with Crippen molar-refractivity contribution in [2.24, 2.45) is 5.41 Å². The van der Waals surface area contributed by atoms with Crippen molar-refractivity contribution in [2.45, 2.75) is 64.8 Å². The SMILES string of the molecule is CCCNC(Cc1cccc(Br)c1)C1(C)CCCCC1. The highest BCUT2D eigenvalue weighted by Gasteiger charge is 2.34. The fraction of sp³-hybridized carbons (Fsp3) is 0.667. The molecule has 1 nitrogen and oxygen atoms in total. The van der Waals surface area contributed by atoms with Crippen molar-refractivity contribution >= 4 is 15.9 Å². The van der Waals surface area contributed by atoms with Crippen LogP contribution in [0.3, 0.4) is 0 Å². The highest BCUT2D eigenvalue weighted by Crippen LogP contribution is 2.40. The van der Waals surface area contributed by atoms with E-state index in [2.05, 4.69) is 59.4 Å². The summed E-state index contributed by atoms with van der Waals surface area (Å²) < 4.78 is 1.19. The summed E-state index contributed by atoms with van der Waals surface area (Å²) in [6.45, 7) is 5.89. The smallest absolute Gasteiger partial charge is 0.0178 e. The van der Waals surface area contributed by atoms with Crippen LogP contribution in [-0.4, -0.2) is 12.6 Å². The van der Waals surface area contributed by atoms with Crippen molar-refractivity contribution in [1.29, 1.82) is 0 Å². The molecule has 0 saturated heterocycles. The van der Waals surface area contributed by atoms with Crippen molar-refractivity contribution in [3.8, 4) is 0 Å². The Labute approximate surface area is 132 Å². The second kappa shape index (κ2) is 7.61. The Kier molecular flexibility index (Phi) is 6.10. The molecule has 1 saturated carbocycles. The molecule has 1 N–H and O–H groups in total. The Morgan fingerprint density at radius 3 is 2.65 bits per heavy atom. The summed E-state index contributed by atoms with van der Waals surface area (Å²) in [5.74, 6) is 0. The first-order valence-electron chi connectivity index (χ1n) is 8.12. The lowest BCUT2D eigenvalue weighted by Gasteiger charge is -2.41. The Morgan fingerprint density at radius 2 is 2.00 bits per heavy atom. The molecule has 1 aromatic rings. The Morgan fingerprint density at radius 1 is 1.25 bits per heavy atom. The van der Waals surface area contributed by atoms with Gasteiger partial charge in [-0.15, -0.1) is 0 Å². The van der Waals surface area contributed by atoms with Gasteiger partial charge in [0.25, 0.3) is 0 Å². The van der Waals surface area contributed by atoms with E-state index in [1.165, 1.54) is 48.6 Å². The van der Waals surface area contributed by atoms with Crippen molar-refractivity contribution < 1.29 is 0 Å². The molecule has 2 rings (SSSR count). The number of nitrogens with one attached hydrogen (secondary N) is 1. The predicted molar refractivity (Wildman–Crippen MR) is 91.1 cm³/mol. The second-order valence-corrected chi connectivity index (χ2v) is 7.47. The predicted octanol–water partition coefficient (Wildman–Crippen LogP) is 5.33. The maximum absolute atomic E-state index is 3.83. The maximum atomic E-state index is 3.83. The third-order valence-electron chi connectivity index (χ3n) is 4.81. The van der Waals surface area contributed by atoms with Gasteiger partial charge >= 0.3 is 0 Å². The van der Waals surface area contributed by atoms with Gasteiger partial charge in [0.2, 0.25) is 0 Å². The van der Waals surface area contributed by atoms with E-state index in [-0.39, 0.29) is 0 Å². The number of hydrogen-bond donors (Lipinski definition) is 1. The molecule has 0 aliphatic heterocycles. The van der Waals surface area contributed by atoms with E-state index >= 15 is 0 Å². The zero-order valence-electron chi connectivity index (χ0n) is 12.9. The van der Waals surface area contributed by atoms with Crippen LogP contribution in [-0.2, 0) is 6.42 Å². The largest absolute Gasteiger partial charge is 0.313 e. The number of halogens is 1. The lowest BCUT2D eigenvalue weighted by molar-refractivity contribution is 0.143. The van der Waals surface area contributed by atoms with Gasteiger partial charge in [-0.05, 0) is 55.3 Å². The van der Waals surface area contributed by atoms with Crippen LogP contribution in [0.5, 0.6) is 0 Å². The minimum absolute atomic E-state index is 0.468. The van der Waals surface area contributed by atoms with Gasteiger partial charge in [0, 0.05) is 10.5 Å². The van der Waals surface area contributed by atoms with E-state index in [0.29, 0.717) is 11.5 Å². The molecule has 0 bridgehead atoms. The molecular weight excluding hydrogens is 310 g/mol. The molecule has 0 spiro atoms. The molecule has 1 unspecified atom stereocenters. The first kappa shape index (κ1) is 16.0. The van der Waals surface area contributed by atoms with Crippen LogP contribution < -0.4 is 5.32 Å². The highest BCUT2D eigenvalue weighted by molar-refractivity contribution is 9.10. The molecular formula is C18H28BrN. The minimum atomic E-state index is 0.468. The van der Waals surface area contributed by atoms with Gasteiger partial charge in [-0.3, -0.25) is 0 Å². The summed E-state index contributed by atoms with van der Waals surface area (Å²) in [5.41, 5.74) is 1.91. The van der Waals surface area contributed by atoms with Gasteiger partial charge in [0.15, 0.2) is 0 Å². The van der Waals surface area contributed by atoms with E-state index in [9.17, 15) is 0 Å². The van der Waals surface area contributed by atoms with Crippen molar-refractivity contribution in [2.75, 3.05) is 6.54 Å². The number of benzene rings is 1. The summed E-state index contributed by atoms with van der Waals surface area (Å²) in [7, 11) is 0. The van der Waals surface area contributed by atoms with Gasteiger partial charge < -0.3 is 5.32 Å². The van der Waals surface area contributed by atoms with Crippen LogP contribution in [0.1, 0.15) is 57.9 Å². The summed E-state index contributed by atoms with van der Waals surface area (Å²) >= 11 is 3.59. The molecule has 1 fully saturated rings. The maximum Gasteiger partial charge on any atom is 0.0178 e. The Hall–Kier alpha value is -0.340. The van der Waals surface area contributed by atoms with Gasteiger partial charge in [-0.2, -0.15) is 0 Å². The van der Waals surface area contributed by atoms with Gasteiger partial charge in [-0.1, -0.05) is 61.2 Å². The van der Waals surface area contributed by atoms with Crippen molar-refractivity contribution in [1.82, 2.24) is 5.32 Å². The molecule has 0 heterocycles. The van der Waals surface area contributed by atoms with E-state index in [1.807, 2.05) is 0 Å². The van der Waals surface area contributed by atoms with Gasteiger partial charge in [0.05, 0.1) is 0 Å². The summed E-state index contributed by atoms with van der Waals surface area (Å²) in [6, 6.07) is 9.40. The third kappa shape index (κ3) is 4.33. The molecule has 1 aromatic carbocycles. The normalized spacial score (nSPS) is 19.8. The molecule has 0 amide bonds. The molecule has 1 aliphatic carbocycles. The average Bonchev–Trinajstić information content (AvgIpc) is 2.44. The first-order valence-corrected chi connectivity index (χ1v) is 8.91. The molecule has 0 radical (unpaired) electrons. The molecule has 0 aromatic heterocycles. The quantitative estimate of drug-likeness (QED) is 0.739. The molecule has 20 heavy (non-hydrogen) atoms. The lowest BCUT2D eigenvalue weighted by Crippen LogP contribution is -2.46. The fourth-order valence-electron chi connectivity index (χ4n) is 3.49.